The predicted molar refractivity (Wildman–Crippen MR) is 70.5 cm³/mol. The summed E-state index contributed by atoms with van der Waals surface area (Å²) in [6.45, 7) is 3.70. The standard InChI is InChI=1S/C14H24O5/c1-13(7-4-6-10-19-12-16)14(17)8-3-2-5-9-18-11-15/h11-13H,2-10H2,1H3. The Hall–Kier alpha value is -1.39. The van der Waals surface area contributed by atoms with Gasteiger partial charge in [0, 0.05) is 12.3 Å². The van der Waals surface area contributed by atoms with E-state index in [4.69, 9.17) is 0 Å². The van der Waals surface area contributed by atoms with Crippen LogP contribution < -0.4 is 0 Å². The van der Waals surface area contributed by atoms with Gasteiger partial charge in [0.05, 0.1) is 13.2 Å². The molecule has 19 heavy (non-hydrogen) atoms. The number of unbranched alkanes of at least 4 members (excludes halogenated alkanes) is 3. The second-order valence-corrected chi connectivity index (χ2v) is 4.61. The normalized spacial score (nSPS) is 11.6. The summed E-state index contributed by atoms with van der Waals surface area (Å²) < 4.78 is 9.16. The van der Waals surface area contributed by atoms with E-state index in [2.05, 4.69) is 9.47 Å². The third-order valence-corrected chi connectivity index (χ3v) is 3.02. The Balaban J connectivity index is 3.43. The molecule has 0 fully saturated rings. The van der Waals surface area contributed by atoms with E-state index in [1.807, 2.05) is 6.92 Å². The maximum Gasteiger partial charge on any atom is 0.293 e. The van der Waals surface area contributed by atoms with Crippen LogP contribution in [0.2, 0.25) is 0 Å². The van der Waals surface area contributed by atoms with Gasteiger partial charge in [0.2, 0.25) is 0 Å². The van der Waals surface area contributed by atoms with Crippen molar-refractivity contribution < 1.29 is 23.9 Å². The molecule has 0 N–H and O–H groups in total. The highest BCUT2D eigenvalue weighted by molar-refractivity contribution is 5.80. The Bertz CT molecular complexity index is 252. The van der Waals surface area contributed by atoms with Gasteiger partial charge in [0.25, 0.3) is 12.9 Å². The van der Waals surface area contributed by atoms with Crippen molar-refractivity contribution in [1.29, 1.82) is 0 Å². The van der Waals surface area contributed by atoms with Crippen LogP contribution in [0.15, 0.2) is 0 Å². The lowest BCUT2D eigenvalue weighted by atomic mass is 9.96. The molecule has 5 heteroatoms. The van der Waals surface area contributed by atoms with Gasteiger partial charge in [-0.2, -0.15) is 0 Å². The maximum atomic E-state index is 11.8. The lowest BCUT2D eigenvalue weighted by Crippen LogP contribution is -2.11. The molecule has 0 aromatic rings. The number of rotatable bonds is 14. The zero-order valence-electron chi connectivity index (χ0n) is 11.6. The summed E-state index contributed by atoms with van der Waals surface area (Å²) in [5, 5.41) is 0. The molecule has 0 aromatic carbocycles. The van der Waals surface area contributed by atoms with Crippen LogP contribution in [0.3, 0.4) is 0 Å². The first-order valence-electron chi connectivity index (χ1n) is 6.85. The molecule has 0 saturated carbocycles. The minimum absolute atomic E-state index is 0.0717. The Morgan fingerprint density at radius 2 is 1.53 bits per heavy atom. The van der Waals surface area contributed by atoms with Gasteiger partial charge in [-0.05, 0) is 38.5 Å². The van der Waals surface area contributed by atoms with Crippen LogP contribution in [0, 0.1) is 5.92 Å². The van der Waals surface area contributed by atoms with Gasteiger partial charge in [-0.1, -0.05) is 6.92 Å². The molecule has 0 radical (unpaired) electrons. The van der Waals surface area contributed by atoms with Crippen molar-refractivity contribution in [3.05, 3.63) is 0 Å². The van der Waals surface area contributed by atoms with Crippen LogP contribution in [-0.4, -0.2) is 31.9 Å². The molecule has 0 aromatic heterocycles. The Labute approximate surface area is 114 Å². The average molecular weight is 272 g/mol. The summed E-state index contributed by atoms with van der Waals surface area (Å²) >= 11 is 0. The molecular weight excluding hydrogens is 248 g/mol. The minimum atomic E-state index is 0.0717. The highest BCUT2D eigenvalue weighted by Crippen LogP contribution is 2.13. The largest absolute Gasteiger partial charge is 0.468 e. The zero-order valence-corrected chi connectivity index (χ0v) is 11.6. The van der Waals surface area contributed by atoms with Gasteiger partial charge in [-0.15, -0.1) is 0 Å². The first-order valence-corrected chi connectivity index (χ1v) is 6.85. The smallest absolute Gasteiger partial charge is 0.293 e. The Morgan fingerprint density at radius 1 is 0.947 bits per heavy atom. The van der Waals surface area contributed by atoms with E-state index in [1.54, 1.807) is 0 Å². The minimum Gasteiger partial charge on any atom is -0.468 e. The number of ether oxygens (including phenoxy) is 2. The monoisotopic (exact) mass is 272 g/mol. The first-order chi connectivity index (χ1) is 9.22. The number of hydrogen-bond donors (Lipinski definition) is 0. The van der Waals surface area contributed by atoms with Gasteiger partial charge < -0.3 is 9.47 Å². The molecule has 110 valence electrons. The van der Waals surface area contributed by atoms with E-state index >= 15 is 0 Å². The fourth-order valence-corrected chi connectivity index (χ4v) is 1.80. The Kier molecular flexibility index (Phi) is 12.1. The zero-order chi connectivity index (χ0) is 14.3. The number of Topliss-reactive ketones (excluding diaryl/α,β-unsaturated/α-hetero) is 1. The first kappa shape index (κ1) is 17.6. The molecule has 1 unspecified atom stereocenters. The van der Waals surface area contributed by atoms with Crippen molar-refractivity contribution in [3.8, 4) is 0 Å². The van der Waals surface area contributed by atoms with E-state index in [-0.39, 0.29) is 11.7 Å². The molecule has 0 aliphatic carbocycles. The quantitative estimate of drug-likeness (QED) is 0.358. The van der Waals surface area contributed by atoms with Crippen molar-refractivity contribution in [1.82, 2.24) is 0 Å². The van der Waals surface area contributed by atoms with Gasteiger partial charge in [-0.25, -0.2) is 0 Å². The SMILES string of the molecule is CC(CCCCOC=O)C(=O)CCCCCOC=O. The summed E-state index contributed by atoms with van der Waals surface area (Å²) in [4.78, 5) is 31.6. The van der Waals surface area contributed by atoms with E-state index in [9.17, 15) is 14.4 Å². The van der Waals surface area contributed by atoms with Crippen LogP contribution in [0.25, 0.3) is 0 Å². The van der Waals surface area contributed by atoms with E-state index in [1.165, 1.54) is 0 Å². The summed E-state index contributed by atoms with van der Waals surface area (Å²) in [5.41, 5.74) is 0. The van der Waals surface area contributed by atoms with Crippen molar-refractivity contribution in [2.45, 2.75) is 51.9 Å². The molecule has 5 nitrogen and oxygen atoms in total. The maximum absolute atomic E-state index is 11.8. The molecule has 0 heterocycles. The highest BCUT2D eigenvalue weighted by Gasteiger charge is 2.11. The molecule has 0 aliphatic rings. The van der Waals surface area contributed by atoms with E-state index in [0.717, 1.165) is 38.5 Å². The number of carbonyl (C=O) groups excluding carboxylic acids is 3. The molecule has 0 bridgehead atoms. The van der Waals surface area contributed by atoms with E-state index < -0.39 is 0 Å². The summed E-state index contributed by atoms with van der Waals surface area (Å²) in [7, 11) is 0. The second-order valence-electron chi connectivity index (χ2n) is 4.61. The van der Waals surface area contributed by atoms with Crippen molar-refractivity contribution >= 4 is 18.7 Å². The fourth-order valence-electron chi connectivity index (χ4n) is 1.80. The van der Waals surface area contributed by atoms with Crippen LogP contribution in [0.5, 0.6) is 0 Å². The average Bonchev–Trinajstić information content (AvgIpc) is 2.42. The highest BCUT2D eigenvalue weighted by atomic mass is 16.5. The van der Waals surface area contributed by atoms with Crippen LogP contribution >= 0.6 is 0 Å². The third-order valence-electron chi connectivity index (χ3n) is 3.02. The topological polar surface area (TPSA) is 69.7 Å². The van der Waals surface area contributed by atoms with Gasteiger partial charge in [0.15, 0.2) is 0 Å². The number of hydrogen-bond acceptors (Lipinski definition) is 5. The molecule has 0 amide bonds. The lowest BCUT2D eigenvalue weighted by Gasteiger charge is -2.09. The molecule has 1 atom stereocenters. The summed E-state index contributed by atoms with van der Waals surface area (Å²) in [5.74, 6) is 0.357. The van der Waals surface area contributed by atoms with Crippen molar-refractivity contribution in [2.24, 2.45) is 5.92 Å². The van der Waals surface area contributed by atoms with Gasteiger partial charge in [-0.3, -0.25) is 14.4 Å². The Morgan fingerprint density at radius 3 is 2.11 bits per heavy atom. The molecule has 0 saturated heterocycles. The summed E-state index contributed by atoms with van der Waals surface area (Å²) in [6.07, 6.45) is 5.69. The molecule has 0 rings (SSSR count). The van der Waals surface area contributed by atoms with E-state index in [0.29, 0.717) is 32.6 Å². The van der Waals surface area contributed by atoms with Crippen LogP contribution in [-0.2, 0) is 23.9 Å². The van der Waals surface area contributed by atoms with Crippen molar-refractivity contribution in [2.75, 3.05) is 13.2 Å². The second kappa shape index (κ2) is 13.1. The van der Waals surface area contributed by atoms with Gasteiger partial charge in [0.1, 0.15) is 5.78 Å². The fraction of sp³-hybridized carbons (Fsp3) is 0.786. The number of ketones is 1. The lowest BCUT2D eigenvalue weighted by molar-refractivity contribution is -0.129. The number of carbonyl (C=O) groups is 3. The summed E-state index contributed by atoms with van der Waals surface area (Å²) in [6, 6.07) is 0. The molecule has 0 aliphatic heterocycles. The van der Waals surface area contributed by atoms with Crippen molar-refractivity contribution in [3.63, 3.8) is 0 Å². The van der Waals surface area contributed by atoms with Crippen LogP contribution in [0.1, 0.15) is 51.9 Å². The van der Waals surface area contributed by atoms with Crippen LogP contribution in [0.4, 0.5) is 0 Å². The third kappa shape index (κ3) is 11.4. The predicted octanol–water partition coefficient (Wildman–Crippen LogP) is 2.27. The molecular formula is C14H24O5. The molecule has 0 spiro atoms. The van der Waals surface area contributed by atoms with Gasteiger partial charge >= 0.3 is 0 Å².